The number of hydrogen-bond donors (Lipinski definition) is 1. The summed E-state index contributed by atoms with van der Waals surface area (Å²) in [5, 5.41) is 16.8. The number of aromatic nitrogens is 1. The normalized spacial score (nSPS) is 10.1. The predicted octanol–water partition coefficient (Wildman–Crippen LogP) is 1.73. The molecule has 0 radical (unpaired) electrons. The van der Waals surface area contributed by atoms with E-state index in [-0.39, 0.29) is 0 Å². The van der Waals surface area contributed by atoms with Crippen molar-refractivity contribution in [2.45, 2.75) is 6.43 Å². The highest BCUT2D eigenvalue weighted by Gasteiger charge is 2.21. The maximum Gasteiger partial charge on any atom is 0.354 e. The van der Waals surface area contributed by atoms with E-state index >= 15 is 0 Å². The van der Waals surface area contributed by atoms with Gasteiger partial charge in [-0.3, -0.25) is 0 Å². The van der Waals surface area contributed by atoms with Crippen molar-refractivity contribution in [2.24, 2.45) is 0 Å². The molecule has 0 aliphatic rings. The Morgan fingerprint density at radius 1 is 1.60 bits per heavy atom. The van der Waals surface area contributed by atoms with E-state index in [0.717, 1.165) is 0 Å². The molecule has 7 heteroatoms. The Kier molecular flexibility index (Phi) is 2.90. The molecule has 0 aliphatic carbocycles. The first-order chi connectivity index (χ1) is 6.97. The van der Waals surface area contributed by atoms with Gasteiger partial charge in [-0.25, -0.2) is 22.9 Å². The number of nitriles is 1. The minimum Gasteiger partial charge on any atom is -0.477 e. The van der Waals surface area contributed by atoms with Crippen molar-refractivity contribution in [3.8, 4) is 6.07 Å². The van der Waals surface area contributed by atoms with E-state index in [1.165, 1.54) is 6.07 Å². The summed E-state index contributed by atoms with van der Waals surface area (Å²) in [6, 6.07) is 1.61. The fraction of sp³-hybridized carbons (Fsp3) is 0.125. The number of pyridine rings is 1. The molecule has 1 N–H and O–H groups in total. The van der Waals surface area contributed by atoms with Crippen LogP contribution in [0.25, 0.3) is 0 Å². The Hall–Kier alpha value is -2.10. The third kappa shape index (κ3) is 2.04. The summed E-state index contributed by atoms with van der Waals surface area (Å²) in [7, 11) is 0. The lowest BCUT2D eigenvalue weighted by molar-refractivity contribution is 0.0689. The molecule has 1 aromatic heterocycles. The molecule has 15 heavy (non-hydrogen) atoms. The highest BCUT2D eigenvalue weighted by atomic mass is 19.3. The monoisotopic (exact) mass is 216 g/mol. The summed E-state index contributed by atoms with van der Waals surface area (Å²) >= 11 is 0. The quantitative estimate of drug-likeness (QED) is 0.816. The van der Waals surface area contributed by atoms with Gasteiger partial charge in [0.15, 0.2) is 11.5 Å². The summed E-state index contributed by atoms with van der Waals surface area (Å²) in [6.07, 6.45) is -3.20. The van der Waals surface area contributed by atoms with E-state index in [4.69, 9.17) is 10.4 Å². The summed E-state index contributed by atoms with van der Waals surface area (Å²) < 4.78 is 37.4. The third-order valence-corrected chi connectivity index (χ3v) is 1.55. The zero-order valence-electron chi connectivity index (χ0n) is 7.04. The van der Waals surface area contributed by atoms with Crippen LogP contribution in [0.3, 0.4) is 0 Å². The molecule has 0 unspecified atom stereocenters. The molecule has 0 saturated heterocycles. The van der Waals surface area contributed by atoms with Gasteiger partial charge in [0.25, 0.3) is 6.43 Å². The lowest BCUT2D eigenvalue weighted by Crippen LogP contribution is -2.07. The molecule has 0 fully saturated rings. The standard InChI is InChI=1S/C8H3F3N2O2/c9-6-3(7(10)11)1-4(8(14)15)13-5(6)2-12/h1,7H,(H,14,15). The Balaban J connectivity index is 3.47. The number of hydrogen-bond acceptors (Lipinski definition) is 3. The molecule has 4 nitrogen and oxygen atoms in total. The molecule has 0 atom stereocenters. The Morgan fingerprint density at radius 2 is 2.20 bits per heavy atom. The topological polar surface area (TPSA) is 74.0 Å². The molecular weight excluding hydrogens is 213 g/mol. The fourth-order valence-electron chi connectivity index (χ4n) is 0.892. The highest BCUT2D eigenvalue weighted by molar-refractivity contribution is 5.85. The van der Waals surface area contributed by atoms with Gasteiger partial charge in [-0.15, -0.1) is 0 Å². The molecule has 78 valence electrons. The van der Waals surface area contributed by atoms with Crippen LogP contribution in [0.2, 0.25) is 0 Å². The van der Waals surface area contributed by atoms with Gasteiger partial charge < -0.3 is 5.11 Å². The fourth-order valence-corrected chi connectivity index (χ4v) is 0.892. The van der Waals surface area contributed by atoms with E-state index < -0.39 is 35.2 Å². The number of alkyl halides is 2. The summed E-state index contributed by atoms with van der Waals surface area (Å²) in [5.74, 6) is -3.09. The van der Waals surface area contributed by atoms with E-state index in [0.29, 0.717) is 6.07 Å². The van der Waals surface area contributed by atoms with E-state index in [2.05, 4.69) is 4.98 Å². The van der Waals surface area contributed by atoms with Crippen LogP contribution in [0.5, 0.6) is 0 Å². The summed E-state index contributed by atoms with van der Waals surface area (Å²) in [6.45, 7) is 0. The van der Waals surface area contributed by atoms with Crippen LogP contribution >= 0.6 is 0 Å². The average Bonchev–Trinajstić information content (AvgIpc) is 2.17. The number of carboxylic acids is 1. The first-order valence-corrected chi connectivity index (χ1v) is 3.59. The second-order valence-electron chi connectivity index (χ2n) is 2.48. The molecular formula is C8H3F3N2O2. The Morgan fingerprint density at radius 3 is 2.60 bits per heavy atom. The number of nitrogens with zero attached hydrogens (tertiary/aromatic N) is 2. The van der Waals surface area contributed by atoms with Crippen LogP contribution in [0, 0.1) is 17.1 Å². The lowest BCUT2D eigenvalue weighted by atomic mass is 10.2. The van der Waals surface area contributed by atoms with Crippen LogP contribution < -0.4 is 0 Å². The van der Waals surface area contributed by atoms with Gasteiger partial charge in [0, 0.05) is 0 Å². The van der Waals surface area contributed by atoms with Crippen LogP contribution in [-0.4, -0.2) is 16.1 Å². The summed E-state index contributed by atoms with van der Waals surface area (Å²) in [5.41, 5.74) is -2.88. The van der Waals surface area contributed by atoms with Gasteiger partial charge in [0.2, 0.25) is 0 Å². The van der Waals surface area contributed by atoms with Crippen molar-refractivity contribution >= 4 is 5.97 Å². The molecule has 1 aromatic rings. The van der Waals surface area contributed by atoms with Gasteiger partial charge in [-0.05, 0) is 6.07 Å². The molecule has 0 aliphatic heterocycles. The van der Waals surface area contributed by atoms with Crippen LogP contribution in [-0.2, 0) is 0 Å². The molecule has 0 amide bonds. The van der Waals surface area contributed by atoms with Crippen molar-refractivity contribution in [1.29, 1.82) is 5.26 Å². The Bertz CT molecular complexity index is 454. The SMILES string of the molecule is N#Cc1nc(C(=O)O)cc(C(F)F)c1F. The molecule has 0 saturated carbocycles. The minimum absolute atomic E-state index is 0.406. The van der Waals surface area contributed by atoms with Gasteiger partial charge in [0.1, 0.15) is 11.8 Å². The van der Waals surface area contributed by atoms with E-state index in [1.54, 1.807) is 0 Å². The second kappa shape index (κ2) is 3.96. The van der Waals surface area contributed by atoms with E-state index in [1.807, 2.05) is 0 Å². The molecule has 0 bridgehead atoms. The molecule has 0 spiro atoms. The predicted molar refractivity (Wildman–Crippen MR) is 40.8 cm³/mol. The zero-order chi connectivity index (χ0) is 11.6. The van der Waals surface area contributed by atoms with Crippen molar-refractivity contribution in [1.82, 2.24) is 4.98 Å². The Labute approximate surface area is 81.6 Å². The maximum atomic E-state index is 13.0. The van der Waals surface area contributed by atoms with Gasteiger partial charge >= 0.3 is 5.97 Å². The lowest BCUT2D eigenvalue weighted by Gasteiger charge is -2.03. The van der Waals surface area contributed by atoms with E-state index in [9.17, 15) is 18.0 Å². The minimum atomic E-state index is -3.20. The van der Waals surface area contributed by atoms with Gasteiger partial charge in [-0.2, -0.15) is 5.26 Å². The van der Waals surface area contributed by atoms with Gasteiger partial charge in [-0.1, -0.05) is 0 Å². The number of halogens is 3. The number of rotatable bonds is 2. The highest BCUT2D eigenvalue weighted by Crippen LogP contribution is 2.24. The van der Waals surface area contributed by atoms with Crippen molar-refractivity contribution < 1.29 is 23.1 Å². The van der Waals surface area contributed by atoms with Gasteiger partial charge in [0.05, 0.1) is 5.56 Å². The number of aromatic carboxylic acids is 1. The number of carboxylic acid groups (broad SMARTS) is 1. The molecule has 1 heterocycles. The first-order valence-electron chi connectivity index (χ1n) is 3.59. The largest absolute Gasteiger partial charge is 0.477 e. The van der Waals surface area contributed by atoms with Crippen LogP contribution in [0.1, 0.15) is 28.2 Å². The zero-order valence-corrected chi connectivity index (χ0v) is 7.04. The number of carbonyl (C=O) groups is 1. The smallest absolute Gasteiger partial charge is 0.354 e. The van der Waals surface area contributed by atoms with Crippen LogP contribution in [0.4, 0.5) is 13.2 Å². The third-order valence-electron chi connectivity index (χ3n) is 1.55. The molecule has 0 aromatic carbocycles. The average molecular weight is 216 g/mol. The van der Waals surface area contributed by atoms with Crippen molar-refractivity contribution in [3.05, 3.63) is 28.8 Å². The van der Waals surface area contributed by atoms with Crippen molar-refractivity contribution in [3.63, 3.8) is 0 Å². The van der Waals surface area contributed by atoms with Crippen LogP contribution in [0.15, 0.2) is 6.07 Å². The summed E-state index contributed by atoms with van der Waals surface area (Å²) in [4.78, 5) is 13.5. The molecule has 1 rings (SSSR count). The van der Waals surface area contributed by atoms with Crippen molar-refractivity contribution in [2.75, 3.05) is 0 Å². The maximum absolute atomic E-state index is 13.0. The second-order valence-corrected chi connectivity index (χ2v) is 2.48. The first kappa shape index (κ1) is 11.0.